The lowest BCUT2D eigenvalue weighted by Gasteiger charge is -2.54. The van der Waals surface area contributed by atoms with E-state index in [-0.39, 0.29) is 0 Å². The molecule has 3 rings (SSSR count). The molecule has 3 heteroatoms. The minimum absolute atomic E-state index is 0.323. The molecule has 0 aromatic heterocycles. The second-order valence-corrected chi connectivity index (χ2v) is 10.8. The van der Waals surface area contributed by atoms with Crippen molar-refractivity contribution in [1.82, 2.24) is 14.7 Å². The van der Waals surface area contributed by atoms with Gasteiger partial charge in [-0.15, -0.1) is 0 Å². The Morgan fingerprint density at radius 2 is 1.60 bits per heavy atom. The Bertz CT molecular complexity index is 439. The Labute approximate surface area is 157 Å². The maximum Gasteiger partial charge on any atom is 0.0226 e. The van der Waals surface area contributed by atoms with Crippen molar-refractivity contribution >= 4 is 0 Å². The average Bonchev–Trinajstić information content (AvgIpc) is 2.54. The summed E-state index contributed by atoms with van der Waals surface area (Å²) in [5.41, 5.74) is 0.756. The molecule has 0 bridgehead atoms. The first kappa shape index (κ1) is 19.6. The minimum Gasteiger partial charge on any atom is -0.303 e. The summed E-state index contributed by atoms with van der Waals surface area (Å²) in [5.74, 6) is 0. The molecule has 0 aliphatic carbocycles. The molecule has 3 unspecified atom stereocenters. The lowest BCUT2D eigenvalue weighted by Crippen LogP contribution is -2.62. The second-order valence-electron chi connectivity index (χ2n) is 10.8. The molecule has 3 heterocycles. The molecule has 0 radical (unpaired) electrons. The highest BCUT2D eigenvalue weighted by Gasteiger charge is 2.42. The average molecular weight is 350 g/mol. The fraction of sp³-hybridized carbons (Fsp3) is 1.00. The van der Waals surface area contributed by atoms with Crippen LogP contribution in [0.5, 0.6) is 0 Å². The van der Waals surface area contributed by atoms with E-state index in [1.165, 1.54) is 71.1 Å². The Kier molecular flexibility index (Phi) is 5.88. The van der Waals surface area contributed by atoms with Gasteiger partial charge >= 0.3 is 0 Å². The largest absolute Gasteiger partial charge is 0.303 e. The molecule has 25 heavy (non-hydrogen) atoms. The topological polar surface area (TPSA) is 9.72 Å². The molecule has 146 valence electrons. The summed E-state index contributed by atoms with van der Waals surface area (Å²) in [6.07, 6.45) is 9.87. The fourth-order valence-corrected chi connectivity index (χ4v) is 6.00. The minimum atomic E-state index is 0.323. The number of piperidine rings is 2. The van der Waals surface area contributed by atoms with E-state index in [1.54, 1.807) is 0 Å². The lowest BCUT2D eigenvalue weighted by molar-refractivity contribution is -0.0421. The van der Waals surface area contributed by atoms with Crippen molar-refractivity contribution in [3.05, 3.63) is 0 Å². The maximum atomic E-state index is 2.91. The first-order valence-corrected chi connectivity index (χ1v) is 10.9. The molecule has 3 saturated heterocycles. The number of hydrogen-bond acceptors (Lipinski definition) is 3. The Hall–Kier alpha value is -0.120. The fourth-order valence-electron chi connectivity index (χ4n) is 6.00. The molecule has 3 aliphatic heterocycles. The predicted octanol–water partition coefficient (Wildman–Crippen LogP) is 4.22. The first-order chi connectivity index (χ1) is 11.7. The van der Waals surface area contributed by atoms with Gasteiger partial charge in [0.2, 0.25) is 0 Å². The van der Waals surface area contributed by atoms with E-state index < -0.39 is 0 Å². The molecular formula is C22H43N3. The molecule has 0 spiro atoms. The van der Waals surface area contributed by atoms with Crippen LogP contribution in [0.1, 0.15) is 79.6 Å². The van der Waals surface area contributed by atoms with Crippen LogP contribution in [-0.4, -0.2) is 71.6 Å². The monoisotopic (exact) mass is 349 g/mol. The van der Waals surface area contributed by atoms with E-state index >= 15 is 0 Å². The van der Waals surface area contributed by atoms with Crippen molar-refractivity contribution < 1.29 is 0 Å². The number of fused-ring (bicyclic) bond motifs is 1. The smallest absolute Gasteiger partial charge is 0.0226 e. The van der Waals surface area contributed by atoms with Crippen LogP contribution in [0.4, 0.5) is 0 Å². The van der Waals surface area contributed by atoms with Gasteiger partial charge in [-0.1, -0.05) is 26.7 Å². The van der Waals surface area contributed by atoms with Crippen molar-refractivity contribution in [2.45, 2.75) is 103 Å². The molecule has 0 aromatic carbocycles. The third-order valence-electron chi connectivity index (χ3n) is 7.45. The summed E-state index contributed by atoms with van der Waals surface area (Å²) in [6.45, 7) is 17.4. The summed E-state index contributed by atoms with van der Waals surface area (Å²) >= 11 is 0. The van der Waals surface area contributed by atoms with E-state index in [4.69, 9.17) is 0 Å². The SMILES string of the molecule is CN1CCCCC1C(C)(C)CC1CCCC2CN(C(C)(C)C)CCN21. The summed E-state index contributed by atoms with van der Waals surface area (Å²) < 4.78 is 0. The Morgan fingerprint density at radius 1 is 0.840 bits per heavy atom. The van der Waals surface area contributed by atoms with Gasteiger partial charge in [0.25, 0.3) is 0 Å². The van der Waals surface area contributed by atoms with Gasteiger partial charge in [-0.05, 0) is 71.9 Å². The van der Waals surface area contributed by atoms with Gasteiger partial charge in [0.05, 0.1) is 0 Å². The van der Waals surface area contributed by atoms with E-state index in [1.807, 2.05) is 0 Å². The number of piperazine rings is 1. The van der Waals surface area contributed by atoms with E-state index in [0.717, 1.165) is 18.1 Å². The van der Waals surface area contributed by atoms with Gasteiger partial charge in [-0.2, -0.15) is 0 Å². The highest BCUT2D eigenvalue weighted by atomic mass is 15.3. The van der Waals surface area contributed by atoms with E-state index in [9.17, 15) is 0 Å². The molecule has 0 N–H and O–H groups in total. The number of rotatable bonds is 3. The molecular weight excluding hydrogens is 306 g/mol. The van der Waals surface area contributed by atoms with Gasteiger partial charge < -0.3 is 4.90 Å². The molecule has 0 saturated carbocycles. The van der Waals surface area contributed by atoms with Crippen LogP contribution in [-0.2, 0) is 0 Å². The zero-order valence-corrected chi connectivity index (χ0v) is 17.9. The zero-order chi connectivity index (χ0) is 18.2. The third-order valence-corrected chi connectivity index (χ3v) is 7.45. The summed E-state index contributed by atoms with van der Waals surface area (Å²) in [5, 5.41) is 0. The van der Waals surface area contributed by atoms with Crippen molar-refractivity contribution in [3.63, 3.8) is 0 Å². The van der Waals surface area contributed by atoms with E-state index in [0.29, 0.717) is 11.0 Å². The molecule has 3 atom stereocenters. The second kappa shape index (κ2) is 7.48. The zero-order valence-electron chi connectivity index (χ0n) is 17.9. The van der Waals surface area contributed by atoms with Gasteiger partial charge in [-0.25, -0.2) is 0 Å². The number of nitrogens with zero attached hydrogens (tertiary/aromatic N) is 3. The van der Waals surface area contributed by atoms with Gasteiger partial charge in [-0.3, -0.25) is 9.80 Å². The predicted molar refractivity (Wildman–Crippen MR) is 108 cm³/mol. The van der Waals surface area contributed by atoms with Crippen LogP contribution in [0.3, 0.4) is 0 Å². The molecule has 3 aliphatic rings. The molecule has 0 amide bonds. The van der Waals surface area contributed by atoms with Crippen LogP contribution < -0.4 is 0 Å². The van der Waals surface area contributed by atoms with Crippen molar-refractivity contribution in [1.29, 1.82) is 0 Å². The van der Waals surface area contributed by atoms with Crippen LogP contribution in [0, 0.1) is 5.41 Å². The van der Waals surface area contributed by atoms with Gasteiger partial charge in [0.15, 0.2) is 0 Å². The Morgan fingerprint density at radius 3 is 2.28 bits per heavy atom. The van der Waals surface area contributed by atoms with Crippen LogP contribution in [0.25, 0.3) is 0 Å². The highest BCUT2D eigenvalue weighted by Crippen LogP contribution is 2.40. The maximum absolute atomic E-state index is 2.91. The van der Waals surface area contributed by atoms with Crippen molar-refractivity contribution in [3.8, 4) is 0 Å². The quantitative estimate of drug-likeness (QED) is 0.755. The summed E-state index contributed by atoms with van der Waals surface area (Å²) in [6, 6.07) is 2.38. The van der Waals surface area contributed by atoms with Crippen molar-refractivity contribution in [2.24, 2.45) is 5.41 Å². The van der Waals surface area contributed by atoms with E-state index in [2.05, 4.69) is 56.4 Å². The lowest BCUT2D eigenvalue weighted by atomic mass is 9.73. The first-order valence-electron chi connectivity index (χ1n) is 10.9. The summed E-state index contributed by atoms with van der Waals surface area (Å²) in [7, 11) is 2.36. The third kappa shape index (κ3) is 4.42. The van der Waals surface area contributed by atoms with Crippen molar-refractivity contribution in [2.75, 3.05) is 33.2 Å². The summed E-state index contributed by atoms with van der Waals surface area (Å²) in [4.78, 5) is 8.29. The normalized spacial score (nSPS) is 34.1. The highest BCUT2D eigenvalue weighted by molar-refractivity contribution is 4.97. The Balaban J connectivity index is 1.64. The number of likely N-dealkylation sites (tertiary alicyclic amines) is 1. The standard InChI is InChI=1S/C22H43N3/c1-21(2,3)24-14-15-25-18(10-9-11-19(25)17-24)16-22(4,5)20-12-7-8-13-23(20)6/h18-20H,7-17H2,1-6H3. The molecule has 3 fully saturated rings. The molecule has 0 aromatic rings. The van der Waals surface area contributed by atoms with Gasteiger partial charge in [0, 0.05) is 43.3 Å². The van der Waals surface area contributed by atoms with Crippen LogP contribution in [0.15, 0.2) is 0 Å². The molecule has 3 nitrogen and oxygen atoms in total. The van der Waals surface area contributed by atoms with Gasteiger partial charge in [0.1, 0.15) is 0 Å². The van der Waals surface area contributed by atoms with Crippen LogP contribution >= 0.6 is 0 Å². The van der Waals surface area contributed by atoms with Crippen LogP contribution in [0.2, 0.25) is 0 Å². The number of hydrogen-bond donors (Lipinski definition) is 0.